The summed E-state index contributed by atoms with van der Waals surface area (Å²) in [5, 5.41) is 19.5. The van der Waals surface area contributed by atoms with Crippen LogP contribution in [0.1, 0.15) is 16.7 Å². The minimum Gasteiger partial charge on any atom is -0.506 e. The fourth-order valence-corrected chi connectivity index (χ4v) is 5.57. The van der Waals surface area contributed by atoms with Crippen LogP contribution in [0.2, 0.25) is 20.1 Å². The maximum absolute atomic E-state index is 13.0. The van der Waals surface area contributed by atoms with Crippen molar-refractivity contribution in [3.8, 4) is 11.5 Å². The molecule has 0 saturated carbocycles. The summed E-state index contributed by atoms with van der Waals surface area (Å²) in [6.45, 7) is 0. The van der Waals surface area contributed by atoms with Crippen molar-refractivity contribution in [2.45, 2.75) is 4.75 Å². The van der Waals surface area contributed by atoms with Gasteiger partial charge in [0.25, 0.3) is 10.1 Å². The topological polar surface area (TPSA) is 94.8 Å². The fraction of sp³-hybridized carbons (Fsp3) is 0.0526. The second-order valence-electron chi connectivity index (χ2n) is 6.10. The second kappa shape index (κ2) is 7.87. The number of rotatable bonds is 4. The van der Waals surface area contributed by atoms with Gasteiger partial charge in [0.2, 0.25) is 0 Å². The van der Waals surface area contributed by atoms with Gasteiger partial charge in [0, 0.05) is 33.3 Å². The van der Waals surface area contributed by atoms with E-state index in [2.05, 4.69) is 0 Å². The summed E-state index contributed by atoms with van der Waals surface area (Å²) in [6, 6.07) is 12.1. The van der Waals surface area contributed by atoms with Gasteiger partial charge in [-0.3, -0.25) is 4.55 Å². The van der Waals surface area contributed by atoms with Crippen molar-refractivity contribution in [3.05, 3.63) is 91.4 Å². The zero-order chi connectivity index (χ0) is 21.6. The molecular formula is C19H12Cl4O5S. The van der Waals surface area contributed by atoms with E-state index in [-0.39, 0.29) is 36.8 Å². The molecule has 3 rings (SSSR count). The van der Waals surface area contributed by atoms with Crippen molar-refractivity contribution in [3.63, 3.8) is 0 Å². The van der Waals surface area contributed by atoms with Crippen molar-refractivity contribution in [1.29, 1.82) is 0 Å². The standard InChI is InChI=1S/C19H12Cl4O5S/c20-11-6-13(17(22)15(24)8-11)19(29(26,27)28,10-4-2-1-3-5-10)14-7-12(21)9-16(25)18(14)23/h1-9,24-25H,(H,26,27,28). The molecule has 0 aliphatic heterocycles. The summed E-state index contributed by atoms with van der Waals surface area (Å²) >= 11 is 24.6. The van der Waals surface area contributed by atoms with Gasteiger partial charge in [-0.05, 0) is 17.7 Å². The Balaban J connectivity index is 2.66. The van der Waals surface area contributed by atoms with E-state index in [1.165, 1.54) is 36.4 Å². The monoisotopic (exact) mass is 492 g/mol. The molecule has 0 aliphatic rings. The Morgan fingerprint density at radius 3 is 1.52 bits per heavy atom. The average molecular weight is 494 g/mol. The smallest absolute Gasteiger partial charge is 0.283 e. The van der Waals surface area contributed by atoms with Crippen molar-refractivity contribution >= 4 is 56.5 Å². The Bertz CT molecular complexity index is 1140. The third-order valence-electron chi connectivity index (χ3n) is 4.36. The van der Waals surface area contributed by atoms with Crippen LogP contribution in [0.5, 0.6) is 11.5 Å². The Morgan fingerprint density at radius 1 is 0.724 bits per heavy atom. The molecule has 29 heavy (non-hydrogen) atoms. The molecule has 0 saturated heterocycles. The zero-order valence-corrected chi connectivity index (χ0v) is 18.1. The highest BCUT2D eigenvalue weighted by molar-refractivity contribution is 7.87. The normalized spacial score (nSPS) is 12.2. The van der Waals surface area contributed by atoms with Gasteiger partial charge < -0.3 is 10.2 Å². The third-order valence-corrected chi connectivity index (χ3v) is 7.04. The number of hydrogen-bond acceptors (Lipinski definition) is 4. The molecule has 0 unspecified atom stereocenters. The largest absolute Gasteiger partial charge is 0.506 e. The number of phenols is 2. The minimum atomic E-state index is -5.11. The van der Waals surface area contributed by atoms with Gasteiger partial charge in [0.15, 0.2) is 4.75 Å². The van der Waals surface area contributed by atoms with Crippen LogP contribution in [0.15, 0.2) is 54.6 Å². The number of hydrogen-bond donors (Lipinski definition) is 3. The number of halogens is 4. The van der Waals surface area contributed by atoms with E-state index in [0.29, 0.717) is 0 Å². The predicted octanol–water partition coefficient (Wildman–Crippen LogP) is 5.89. The summed E-state index contributed by atoms with van der Waals surface area (Å²) in [5.41, 5.74) is -0.530. The predicted molar refractivity (Wildman–Crippen MR) is 114 cm³/mol. The molecule has 0 spiro atoms. The molecule has 10 heteroatoms. The van der Waals surface area contributed by atoms with E-state index >= 15 is 0 Å². The van der Waals surface area contributed by atoms with Gasteiger partial charge in [-0.25, -0.2) is 0 Å². The molecule has 3 aromatic carbocycles. The Morgan fingerprint density at radius 2 is 1.14 bits per heavy atom. The summed E-state index contributed by atoms with van der Waals surface area (Å²) in [4.78, 5) is 0. The molecule has 0 radical (unpaired) electrons. The molecule has 3 aromatic rings. The lowest BCUT2D eigenvalue weighted by atomic mass is 9.83. The van der Waals surface area contributed by atoms with Crippen LogP contribution < -0.4 is 0 Å². The first-order valence-corrected chi connectivity index (χ1v) is 10.8. The van der Waals surface area contributed by atoms with E-state index < -0.39 is 26.4 Å². The highest BCUT2D eigenvalue weighted by Gasteiger charge is 2.51. The minimum absolute atomic E-state index is 0.0228. The van der Waals surface area contributed by atoms with E-state index in [1.54, 1.807) is 6.07 Å². The zero-order valence-electron chi connectivity index (χ0n) is 14.3. The lowest BCUT2D eigenvalue weighted by Gasteiger charge is -2.34. The molecule has 0 amide bonds. The van der Waals surface area contributed by atoms with Crippen LogP contribution in [0, 0.1) is 0 Å². The van der Waals surface area contributed by atoms with Gasteiger partial charge in [0.05, 0.1) is 10.0 Å². The number of benzene rings is 3. The highest BCUT2D eigenvalue weighted by Crippen LogP contribution is 2.52. The van der Waals surface area contributed by atoms with Gasteiger partial charge in [-0.2, -0.15) is 8.42 Å². The fourth-order valence-electron chi connectivity index (χ4n) is 3.22. The van der Waals surface area contributed by atoms with E-state index in [4.69, 9.17) is 46.4 Å². The first-order chi connectivity index (χ1) is 13.5. The van der Waals surface area contributed by atoms with Crippen LogP contribution in [-0.2, 0) is 14.9 Å². The summed E-state index contributed by atoms with van der Waals surface area (Å²) in [7, 11) is -5.11. The molecule has 0 heterocycles. The first kappa shape index (κ1) is 22.0. The second-order valence-corrected chi connectivity index (χ2v) is 9.29. The van der Waals surface area contributed by atoms with Crippen LogP contribution in [0.4, 0.5) is 0 Å². The maximum atomic E-state index is 13.0. The van der Waals surface area contributed by atoms with Crippen molar-refractivity contribution < 1.29 is 23.2 Å². The maximum Gasteiger partial charge on any atom is 0.283 e. The van der Waals surface area contributed by atoms with Gasteiger partial charge in [-0.15, -0.1) is 0 Å². The molecule has 3 N–H and O–H groups in total. The molecule has 5 nitrogen and oxygen atoms in total. The van der Waals surface area contributed by atoms with Crippen molar-refractivity contribution in [2.24, 2.45) is 0 Å². The number of phenolic OH excluding ortho intramolecular Hbond substituents is 2. The lowest BCUT2D eigenvalue weighted by molar-refractivity contribution is 0.455. The van der Waals surface area contributed by atoms with E-state index in [0.717, 1.165) is 12.1 Å². The summed E-state index contributed by atoms with van der Waals surface area (Å²) in [5.74, 6) is -1.03. The van der Waals surface area contributed by atoms with Crippen LogP contribution in [-0.4, -0.2) is 23.2 Å². The summed E-state index contributed by atoms with van der Waals surface area (Å²) in [6.07, 6.45) is 0. The molecule has 0 fully saturated rings. The quantitative estimate of drug-likeness (QED) is 0.311. The van der Waals surface area contributed by atoms with E-state index in [9.17, 15) is 23.2 Å². The number of aromatic hydroxyl groups is 2. The van der Waals surface area contributed by atoms with Gasteiger partial charge in [0.1, 0.15) is 11.5 Å². The lowest BCUT2D eigenvalue weighted by Crippen LogP contribution is -2.39. The SMILES string of the molecule is O=S(=O)(O)C(c1ccccc1)(c1cc(Cl)cc(O)c1Cl)c1cc(Cl)cc(O)c1Cl. The van der Waals surface area contributed by atoms with Gasteiger partial charge in [-0.1, -0.05) is 76.7 Å². The molecule has 0 atom stereocenters. The molecule has 0 bridgehead atoms. The Labute approximate surface area is 186 Å². The van der Waals surface area contributed by atoms with Crippen LogP contribution in [0.25, 0.3) is 0 Å². The summed E-state index contributed by atoms with van der Waals surface area (Å²) < 4.78 is 34.0. The Hall–Kier alpha value is -1.67. The van der Waals surface area contributed by atoms with Crippen LogP contribution in [0.3, 0.4) is 0 Å². The third kappa shape index (κ3) is 3.65. The average Bonchev–Trinajstić information content (AvgIpc) is 2.63. The molecular weight excluding hydrogens is 482 g/mol. The first-order valence-electron chi connectivity index (χ1n) is 7.89. The Kier molecular flexibility index (Phi) is 5.98. The molecule has 0 aromatic heterocycles. The van der Waals surface area contributed by atoms with E-state index in [1.807, 2.05) is 0 Å². The van der Waals surface area contributed by atoms with Gasteiger partial charge >= 0.3 is 0 Å². The van der Waals surface area contributed by atoms with Crippen molar-refractivity contribution in [1.82, 2.24) is 0 Å². The van der Waals surface area contributed by atoms with Crippen LogP contribution >= 0.6 is 46.4 Å². The molecule has 152 valence electrons. The molecule has 0 aliphatic carbocycles. The van der Waals surface area contributed by atoms with Crippen molar-refractivity contribution in [2.75, 3.05) is 0 Å². The highest BCUT2D eigenvalue weighted by atomic mass is 35.5.